The first-order chi connectivity index (χ1) is 17.7. The van der Waals surface area contributed by atoms with Gasteiger partial charge in [0.2, 0.25) is 5.91 Å². The molecule has 36 heavy (non-hydrogen) atoms. The first kappa shape index (κ1) is 24.3. The standard InChI is InChI=1S/C28H34N4O4/c1-29-11-12-35-21-5-3-19(4-6-21)25-16-27(32-17-20-9-10-30-28(33)24(20)18-32)23-8-7-22(15-26(23)31-25)36-14-13-34-2/h3-8,15-16,20,24,29H,9-14,17-18H2,1-2H3,(H,30,33). The molecule has 2 N–H and O–H groups in total. The molecule has 3 heterocycles. The number of fused-ring (bicyclic) bond motifs is 2. The van der Waals surface area contributed by atoms with Gasteiger partial charge in [0.25, 0.3) is 0 Å². The van der Waals surface area contributed by atoms with E-state index < -0.39 is 0 Å². The Morgan fingerprint density at radius 3 is 2.61 bits per heavy atom. The predicted molar refractivity (Wildman–Crippen MR) is 141 cm³/mol. The number of methoxy groups -OCH3 is 1. The van der Waals surface area contributed by atoms with Gasteiger partial charge in [0.15, 0.2) is 0 Å². The van der Waals surface area contributed by atoms with Crippen molar-refractivity contribution < 1.29 is 19.0 Å². The zero-order chi connectivity index (χ0) is 24.9. The zero-order valence-corrected chi connectivity index (χ0v) is 21.0. The Kier molecular flexibility index (Phi) is 7.53. The maximum Gasteiger partial charge on any atom is 0.225 e. The topological polar surface area (TPSA) is 85.0 Å². The number of carbonyl (C=O) groups excluding carboxylic acids is 1. The quantitative estimate of drug-likeness (QED) is 0.423. The third kappa shape index (κ3) is 5.24. The minimum atomic E-state index is 0.0381. The van der Waals surface area contributed by atoms with Gasteiger partial charge in [-0.25, -0.2) is 4.98 Å². The van der Waals surface area contributed by atoms with Gasteiger partial charge in [-0.05, 0) is 61.9 Å². The SMILES string of the molecule is CNCCOc1ccc(-c2cc(N3CC4CCNC(=O)C4C3)c3ccc(OCCOC)cc3n2)cc1. The number of anilines is 1. The molecule has 3 aromatic rings. The lowest BCUT2D eigenvalue weighted by Gasteiger charge is -2.23. The molecule has 5 rings (SSSR count). The van der Waals surface area contributed by atoms with E-state index in [-0.39, 0.29) is 11.8 Å². The average Bonchev–Trinajstić information content (AvgIpc) is 3.34. The van der Waals surface area contributed by atoms with Crippen molar-refractivity contribution in [2.45, 2.75) is 6.42 Å². The van der Waals surface area contributed by atoms with E-state index in [0.717, 1.165) is 71.9 Å². The number of pyridine rings is 1. The van der Waals surface area contributed by atoms with E-state index in [1.165, 1.54) is 0 Å². The number of nitrogens with zero attached hydrogens (tertiary/aromatic N) is 2. The van der Waals surface area contributed by atoms with Crippen molar-refractivity contribution in [2.24, 2.45) is 11.8 Å². The second-order valence-corrected chi connectivity index (χ2v) is 9.37. The molecule has 0 saturated carbocycles. The van der Waals surface area contributed by atoms with E-state index in [0.29, 0.717) is 25.7 Å². The summed E-state index contributed by atoms with van der Waals surface area (Å²) in [6, 6.07) is 16.2. The molecule has 2 fully saturated rings. The minimum absolute atomic E-state index is 0.0381. The maximum absolute atomic E-state index is 12.5. The number of aromatic nitrogens is 1. The fraction of sp³-hybridized carbons (Fsp3) is 0.429. The largest absolute Gasteiger partial charge is 0.492 e. The molecule has 2 atom stereocenters. The van der Waals surface area contributed by atoms with Crippen LogP contribution in [0.15, 0.2) is 48.5 Å². The van der Waals surface area contributed by atoms with E-state index in [1.807, 2.05) is 43.4 Å². The molecule has 2 saturated heterocycles. The molecule has 0 aliphatic carbocycles. The van der Waals surface area contributed by atoms with Crippen LogP contribution in [0.2, 0.25) is 0 Å². The van der Waals surface area contributed by atoms with Crippen LogP contribution in [-0.4, -0.2) is 71.0 Å². The Balaban J connectivity index is 1.49. The predicted octanol–water partition coefficient (Wildman–Crippen LogP) is 3.10. The van der Waals surface area contributed by atoms with E-state index in [4.69, 9.17) is 19.2 Å². The van der Waals surface area contributed by atoms with Gasteiger partial charge in [0, 0.05) is 56.0 Å². The lowest BCUT2D eigenvalue weighted by molar-refractivity contribution is -0.127. The van der Waals surface area contributed by atoms with Crippen LogP contribution in [0.5, 0.6) is 11.5 Å². The summed E-state index contributed by atoms with van der Waals surface area (Å²) < 4.78 is 16.8. The molecule has 0 radical (unpaired) electrons. The monoisotopic (exact) mass is 490 g/mol. The Morgan fingerprint density at radius 2 is 1.83 bits per heavy atom. The number of nitrogens with one attached hydrogen (secondary N) is 2. The summed E-state index contributed by atoms with van der Waals surface area (Å²) in [6.45, 7) is 4.78. The summed E-state index contributed by atoms with van der Waals surface area (Å²) in [4.78, 5) is 19.9. The summed E-state index contributed by atoms with van der Waals surface area (Å²) in [5, 5.41) is 7.18. The number of ether oxygens (including phenoxy) is 3. The highest BCUT2D eigenvalue weighted by atomic mass is 16.5. The summed E-state index contributed by atoms with van der Waals surface area (Å²) in [7, 11) is 3.57. The molecule has 8 heteroatoms. The summed E-state index contributed by atoms with van der Waals surface area (Å²) in [5.41, 5.74) is 3.87. The first-order valence-electron chi connectivity index (χ1n) is 12.6. The molecular formula is C28H34N4O4. The molecule has 0 spiro atoms. The van der Waals surface area contributed by atoms with Crippen LogP contribution in [0, 0.1) is 11.8 Å². The number of rotatable bonds is 10. The highest BCUT2D eigenvalue weighted by Crippen LogP contribution is 2.38. The lowest BCUT2D eigenvalue weighted by atomic mass is 9.89. The van der Waals surface area contributed by atoms with Gasteiger partial charge in [-0.1, -0.05) is 0 Å². The molecule has 1 aromatic heterocycles. The number of hydrogen-bond donors (Lipinski definition) is 2. The smallest absolute Gasteiger partial charge is 0.225 e. The summed E-state index contributed by atoms with van der Waals surface area (Å²) in [6.07, 6.45) is 1.02. The molecule has 2 unspecified atom stereocenters. The Bertz CT molecular complexity index is 1200. The van der Waals surface area contributed by atoms with Crippen LogP contribution in [-0.2, 0) is 9.53 Å². The van der Waals surface area contributed by atoms with Crippen molar-refractivity contribution in [3.05, 3.63) is 48.5 Å². The van der Waals surface area contributed by atoms with Crippen LogP contribution >= 0.6 is 0 Å². The molecule has 2 aromatic carbocycles. The minimum Gasteiger partial charge on any atom is -0.492 e. The van der Waals surface area contributed by atoms with E-state index in [9.17, 15) is 4.79 Å². The van der Waals surface area contributed by atoms with Gasteiger partial charge in [-0.15, -0.1) is 0 Å². The highest BCUT2D eigenvalue weighted by molar-refractivity contribution is 5.95. The normalized spacial score (nSPS) is 19.3. The second-order valence-electron chi connectivity index (χ2n) is 9.37. The Morgan fingerprint density at radius 1 is 1.03 bits per heavy atom. The van der Waals surface area contributed by atoms with Crippen molar-refractivity contribution >= 4 is 22.5 Å². The number of piperidine rings is 1. The second kappa shape index (κ2) is 11.1. The zero-order valence-electron chi connectivity index (χ0n) is 21.0. The molecule has 2 aliphatic rings. The Hall–Kier alpha value is -3.36. The van der Waals surface area contributed by atoms with Gasteiger partial charge in [0.1, 0.15) is 24.7 Å². The maximum atomic E-state index is 12.5. The molecule has 1 amide bonds. The average molecular weight is 491 g/mol. The molecular weight excluding hydrogens is 456 g/mol. The molecule has 2 aliphatic heterocycles. The highest BCUT2D eigenvalue weighted by Gasteiger charge is 2.40. The fourth-order valence-electron chi connectivity index (χ4n) is 5.09. The third-order valence-corrected chi connectivity index (χ3v) is 7.02. The summed E-state index contributed by atoms with van der Waals surface area (Å²) in [5.74, 6) is 2.19. The van der Waals surface area contributed by atoms with Crippen LogP contribution < -0.4 is 25.0 Å². The van der Waals surface area contributed by atoms with E-state index in [2.05, 4.69) is 27.7 Å². The van der Waals surface area contributed by atoms with E-state index in [1.54, 1.807) is 7.11 Å². The van der Waals surface area contributed by atoms with Gasteiger partial charge < -0.3 is 29.7 Å². The van der Waals surface area contributed by atoms with Gasteiger partial charge in [0.05, 0.1) is 23.7 Å². The van der Waals surface area contributed by atoms with Crippen LogP contribution in [0.1, 0.15) is 6.42 Å². The number of likely N-dealkylation sites (N-methyl/N-ethyl adjacent to an activating group) is 1. The third-order valence-electron chi connectivity index (χ3n) is 7.02. The fourth-order valence-corrected chi connectivity index (χ4v) is 5.09. The van der Waals surface area contributed by atoms with E-state index >= 15 is 0 Å². The number of hydrogen-bond acceptors (Lipinski definition) is 7. The number of amides is 1. The van der Waals surface area contributed by atoms with Crippen molar-refractivity contribution in [2.75, 3.05) is 65.1 Å². The van der Waals surface area contributed by atoms with Crippen molar-refractivity contribution in [3.63, 3.8) is 0 Å². The van der Waals surface area contributed by atoms with Gasteiger partial charge in [-0.3, -0.25) is 4.79 Å². The number of carbonyl (C=O) groups is 1. The molecule has 8 nitrogen and oxygen atoms in total. The first-order valence-corrected chi connectivity index (χ1v) is 12.6. The van der Waals surface area contributed by atoms with Gasteiger partial charge >= 0.3 is 0 Å². The molecule has 0 bridgehead atoms. The number of benzene rings is 2. The Labute approximate surface area is 211 Å². The lowest BCUT2D eigenvalue weighted by Crippen LogP contribution is -2.41. The van der Waals surface area contributed by atoms with Crippen LogP contribution in [0.4, 0.5) is 5.69 Å². The molecule has 190 valence electrons. The summed E-state index contributed by atoms with van der Waals surface area (Å²) >= 11 is 0. The van der Waals surface area contributed by atoms with Crippen molar-refractivity contribution in [1.82, 2.24) is 15.6 Å². The van der Waals surface area contributed by atoms with Crippen molar-refractivity contribution in [3.8, 4) is 22.8 Å². The van der Waals surface area contributed by atoms with Crippen LogP contribution in [0.3, 0.4) is 0 Å². The van der Waals surface area contributed by atoms with Crippen molar-refractivity contribution in [1.29, 1.82) is 0 Å². The van der Waals surface area contributed by atoms with Gasteiger partial charge in [-0.2, -0.15) is 0 Å². The van der Waals surface area contributed by atoms with Crippen LogP contribution in [0.25, 0.3) is 22.2 Å².